The SMILES string of the molecule is CCOC(=O)CC(C#N)(c1cccc(OC)c1OC)C(C=O)C(=O)OCC. The van der Waals surface area contributed by atoms with Crippen LogP contribution in [0.15, 0.2) is 18.2 Å². The fraction of sp³-hybridized carbons (Fsp3) is 0.474. The number of rotatable bonds is 10. The predicted molar refractivity (Wildman–Crippen MR) is 94.3 cm³/mol. The van der Waals surface area contributed by atoms with E-state index in [2.05, 4.69) is 0 Å². The first-order valence-corrected chi connectivity index (χ1v) is 8.35. The minimum absolute atomic E-state index is 0.0132. The molecule has 0 saturated carbocycles. The summed E-state index contributed by atoms with van der Waals surface area (Å²) in [7, 11) is 2.76. The lowest BCUT2D eigenvalue weighted by Crippen LogP contribution is -2.43. The van der Waals surface area contributed by atoms with Crippen LogP contribution in [0.25, 0.3) is 0 Å². The molecule has 1 rings (SSSR count). The van der Waals surface area contributed by atoms with Crippen LogP contribution in [0.4, 0.5) is 0 Å². The number of esters is 2. The lowest BCUT2D eigenvalue weighted by molar-refractivity contribution is -0.153. The minimum Gasteiger partial charge on any atom is -0.493 e. The highest BCUT2D eigenvalue weighted by Crippen LogP contribution is 2.44. The van der Waals surface area contributed by atoms with Gasteiger partial charge in [0.15, 0.2) is 11.5 Å². The molecule has 0 amide bonds. The average molecular weight is 377 g/mol. The van der Waals surface area contributed by atoms with Gasteiger partial charge in [-0.1, -0.05) is 12.1 Å². The predicted octanol–water partition coefficient (Wildman–Crippen LogP) is 1.80. The zero-order chi connectivity index (χ0) is 20.4. The van der Waals surface area contributed by atoms with E-state index in [1.54, 1.807) is 26.0 Å². The van der Waals surface area contributed by atoms with Gasteiger partial charge in [-0.15, -0.1) is 0 Å². The van der Waals surface area contributed by atoms with Crippen molar-refractivity contribution in [3.05, 3.63) is 23.8 Å². The lowest BCUT2D eigenvalue weighted by Gasteiger charge is -2.31. The van der Waals surface area contributed by atoms with Crippen molar-refractivity contribution in [2.75, 3.05) is 27.4 Å². The van der Waals surface area contributed by atoms with Crippen molar-refractivity contribution in [2.45, 2.75) is 25.7 Å². The summed E-state index contributed by atoms with van der Waals surface area (Å²) in [6, 6.07) is 6.63. The number of methoxy groups -OCH3 is 2. The Morgan fingerprint density at radius 1 is 1.19 bits per heavy atom. The summed E-state index contributed by atoms with van der Waals surface area (Å²) in [4.78, 5) is 36.5. The van der Waals surface area contributed by atoms with Crippen LogP contribution in [0, 0.1) is 17.2 Å². The van der Waals surface area contributed by atoms with Crippen LogP contribution in [0.1, 0.15) is 25.8 Å². The van der Waals surface area contributed by atoms with E-state index < -0.39 is 29.7 Å². The maximum atomic E-state index is 12.4. The quantitative estimate of drug-likeness (QED) is 0.345. The molecule has 2 unspecified atom stereocenters. The fourth-order valence-corrected chi connectivity index (χ4v) is 2.83. The Bertz CT molecular complexity index is 725. The molecule has 27 heavy (non-hydrogen) atoms. The maximum absolute atomic E-state index is 12.4. The van der Waals surface area contributed by atoms with E-state index in [9.17, 15) is 19.6 Å². The van der Waals surface area contributed by atoms with Crippen molar-refractivity contribution in [3.8, 4) is 17.6 Å². The van der Waals surface area contributed by atoms with Gasteiger partial charge in [0.05, 0.1) is 39.9 Å². The first-order chi connectivity index (χ1) is 12.9. The molecule has 0 spiro atoms. The van der Waals surface area contributed by atoms with Crippen molar-refractivity contribution in [1.82, 2.24) is 0 Å². The summed E-state index contributed by atoms with van der Waals surface area (Å²) in [6.07, 6.45) is -0.234. The van der Waals surface area contributed by atoms with E-state index in [4.69, 9.17) is 18.9 Å². The van der Waals surface area contributed by atoms with E-state index in [1.165, 1.54) is 20.3 Å². The molecule has 0 fully saturated rings. The Labute approximate surface area is 158 Å². The van der Waals surface area contributed by atoms with Crippen molar-refractivity contribution in [2.24, 2.45) is 5.92 Å². The van der Waals surface area contributed by atoms with Gasteiger partial charge in [0.25, 0.3) is 0 Å². The molecule has 0 N–H and O–H groups in total. The van der Waals surface area contributed by atoms with Crippen molar-refractivity contribution >= 4 is 18.2 Å². The Hall–Kier alpha value is -3.08. The first-order valence-electron chi connectivity index (χ1n) is 8.35. The molecule has 0 saturated heterocycles. The smallest absolute Gasteiger partial charge is 0.318 e. The third-order valence-corrected chi connectivity index (χ3v) is 4.02. The van der Waals surface area contributed by atoms with Crippen molar-refractivity contribution in [1.29, 1.82) is 5.26 Å². The summed E-state index contributed by atoms with van der Waals surface area (Å²) < 4.78 is 20.5. The van der Waals surface area contributed by atoms with E-state index in [1.807, 2.05) is 6.07 Å². The summed E-state index contributed by atoms with van der Waals surface area (Å²) in [6.45, 7) is 3.28. The van der Waals surface area contributed by atoms with Crippen LogP contribution < -0.4 is 9.47 Å². The minimum atomic E-state index is -1.89. The molecule has 8 heteroatoms. The zero-order valence-corrected chi connectivity index (χ0v) is 15.8. The number of aldehydes is 1. The maximum Gasteiger partial charge on any atom is 0.318 e. The standard InChI is InChI=1S/C19H23NO7/c1-5-26-16(22)10-19(12-20,14(11-21)18(23)27-6-2)13-8-7-9-15(24-3)17(13)25-4/h7-9,11,14H,5-6,10H2,1-4H3. The number of carbonyl (C=O) groups is 3. The molecular weight excluding hydrogens is 354 g/mol. The van der Waals surface area contributed by atoms with Gasteiger partial charge in [0.2, 0.25) is 0 Å². The van der Waals surface area contributed by atoms with E-state index >= 15 is 0 Å². The number of nitriles is 1. The normalized spacial score (nSPS) is 13.4. The fourth-order valence-electron chi connectivity index (χ4n) is 2.83. The molecule has 1 aromatic carbocycles. The van der Waals surface area contributed by atoms with Crippen LogP contribution in [-0.2, 0) is 29.3 Å². The lowest BCUT2D eigenvalue weighted by atomic mass is 9.69. The summed E-state index contributed by atoms with van der Waals surface area (Å²) in [5, 5.41) is 10.0. The van der Waals surface area contributed by atoms with Gasteiger partial charge in [-0.2, -0.15) is 5.26 Å². The molecule has 0 bridgehead atoms. The van der Waals surface area contributed by atoms with Crippen LogP contribution in [0.2, 0.25) is 0 Å². The monoisotopic (exact) mass is 377 g/mol. The average Bonchev–Trinajstić information content (AvgIpc) is 2.67. The highest BCUT2D eigenvalue weighted by atomic mass is 16.5. The molecule has 2 atom stereocenters. The first kappa shape index (κ1) is 22.0. The number of benzene rings is 1. The van der Waals surface area contributed by atoms with Crippen LogP contribution in [0.5, 0.6) is 11.5 Å². The number of para-hydroxylation sites is 1. The molecule has 146 valence electrons. The van der Waals surface area contributed by atoms with Gasteiger partial charge < -0.3 is 23.7 Å². The highest BCUT2D eigenvalue weighted by molar-refractivity contribution is 5.92. The molecule has 0 radical (unpaired) electrons. The summed E-state index contributed by atoms with van der Waals surface area (Å²) in [5.74, 6) is -2.79. The van der Waals surface area contributed by atoms with Crippen LogP contribution in [-0.4, -0.2) is 45.7 Å². The third-order valence-electron chi connectivity index (χ3n) is 4.02. The van der Waals surface area contributed by atoms with Gasteiger partial charge in [-0.05, 0) is 19.9 Å². The molecule has 0 heterocycles. The highest BCUT2D eigenvalue weighted by Gasteiger charge is 2.50. The van der Waals surface area contributed by atoms with Crippen LogP contribution >= 0.6 is 0 Å². The van der Waals surface area contributed by atoms with Gasteiger partial charge >= 0.3 is 11.9 Å². The number of carbonyl (C=O) groups excluding carboxylic acids is 3. The molecule has 0 aliphatic rings. The number of nitrogens with zero attached hydrogens (tertiary/aromatic N) is 1. The molecule has 8 nitrogen and oxygen atoms in total. The molecule has 0 aliphatic carbocycles. The van der Waals surface area contributed by atoms with Crippen molar-refractivity contribution < 1.29 is 33.3 Å². The molecule has 1 aromatic rings. The second-order valence-electron chi connectivity index (χ2n) is 5.47. The second-order valence-corrected chi connectivity index (χ2v) is 5.47. The largest absolute Gasteiger partial charge is 0.493 e. The van der Waals surface area contributed by atoms with E-state index in [0.29, 0.717) is 6.29 Å². The zero-order valence-electron chi connectivity index (χ0n) is 15.8. The van der Waals surface area contributed by atoms with E-state index in [-0.39, 0.29) is 30.3 Å². The Morgan fingerprint density at radius 3 is 2.33 bits per heavy atom. The number of hydrogen-bond donors (Lipinski definition) is 0. The Morgan fingerprint density at radius 2 is 1.85 bits per heavy atom. The summed E-state index contributed by atoms with van der Waals surface area (Å²) in [5.41, 5.74) is -1.73. The number of ether oxygens (including phenoxy) is 4. The van der Waals surface area contributed by atoms with Crippen LogP contribution in [0.3, 0.4) is 0 Å². The summed E-state index contributed by atoms with van der Waals surface area (Å²) >= 11 is 0. The Balaban J connectivity index is 3.72. The van der Waals surface area contributed by atoms with Gasteiger partial charge in [-0.3, -0.25) is 9.59 Å². The third kappa shape index (κ3) is 4.56. The number of hydrogen-bond acceptors (Lipinski definition) is 8. The van der Waals surface area contributed by atoms with Gasteiger partial charge in [-0.25, -0.2) is 0 Å². The molecule has 0 aromatic heterocycles. The topological polar surface area (TPSA) is 112 Å². The Kier molecular flexibility index (Phi) is 8.27. The van der Waals surface area contributed by atoms with Gasteiger partial charge in [0.1, 0.15) is 17.6 Å². The molecule has 0 aliphatic heterocycles. The van der Waals surface area contributed by atoms with E-state index in [0.717, 1.165) is 0 Å². The van der Waals surface area contributed by atoms with Gasteiger partial charge in [0, 0.05) is 5.56 Å². The van der Waals surface area contributed by atoms with Crippen molar-refractivity contribution in [3.63, 3.8) is 0 Å². The second kappa shape index (κ2) is 10.2. The molecular formula is C19H23NO7.